The minimum Gasteiger partial charge on any atom is -0.316 e. The third-order valence-corrected chi connectivity index (χ3v) is 3.66. The second kappa shape index (κ2) is 5.43. The van der Waals surface area contributed by atoms with Crippen molar-refractivity contribution in [3.05, 3.63) is 66.0 Å². The van der Waals surface area contributed by atoms with Crippen molar-refractivity contribution < 1.29 is 0 Å². The molecule has 0 atom stereocenters. The van der Waals surface area contributed by atoms with Crippen molar-refractivity contribution in [1.29, 1.82) is 0 Å². The summed E-state index contributed by atoms with van der Waals surface area (Å²) in [7, 11) is 1.97. The fraction of sp³-hybridized carbons (Fsp3) is 0.167. The lowest BCUT2D eigenvalue weighted by atomic mass is 9.94. The summed E-state index contributed by atoms with van der Waals surface area (Å²) in [4.78, 5) is 4.28. The van der Waals surface area contributed by atoms with E-state index < -0.39 is 0 Å². The number of aromatic nitrogens is 1. The van der Waals surface area contributed by atoms with Gasteiger partial charge in [-0.15, -0.1) is 0 Å². The molecule has 0 spiro atoms. The Morgan fingerprint density at radius 1 is 1.05 bits per heavy atom. The zero-order valence-corrected chi connectivity index (χ0v) is 11.9. The van der Waals surface area contributed by atoms with Crippen molar-refractivity contribution in [2.24, 2.45) is 0 Å². The number of hydrogen-bond donors (Lipinski definition) is 1. The minimum absolute atomic E-state index is 0.885. The molecule has 0 unspecified atom stereocenters. The van der Waals surface area contributed by atoms with Gasteiger partial charge >= 0.3 is 0 Å². The molecule has 20 heavy (non-hydrogen) atoms. The Balaban J connectivity index is 2.22. The Kier molecular flexibility index (Phi) is 3.48. The molecular weight excluding hydrogens is 244 g/mol. The first-order valence-corrected chi connectivity index (χ1v) is 6.87. The van der Waals surface area contributed by atoms with Gasteiger partial charge in [-0.25, -0.2) is 0 Å². The molecule has 2 aromatic carbocycles. The van der Waals surface area contributed by atoms with E-state index in [4.69, 9.17) is 0 Å². The van der Waals surface area contributed by atoms with Crippen LogP contribution in [-0.4, -0.2) is 12.0 Å². The maximum Gasteiger partial charge on any atom is 0.0352 e. The van der Waals surface area contributed by atoms with Gasteiger partial charge in [0.05, 0.1) is 0 Å². The molecule has 0 fully saturated rings. The molecule has 100 valence electrons. The van der Waals surface area contributed by atoms with Crippen molar-refractivity contribution in [3.8, 4) is 11.1 Å². The van der Waals surface area contributed by atoms with Crippen LogP contribution in [0.2, 0.25) is 0 Å². The summed E-state index contributed by atoms with van der Waals surface area (Å²) in [6, 6.07) is 15.1. The predicted octanol–water partition coefficient (Wildman–Crippen LogP) is 3.93. The van der Waals surface area contributed by atoms with Crippen LogP contribution in [0.1, 0.15) is 11.1 Å². The van der Waals surface area contributed by atoms with E-state index in [0.717, 1.165) is 6.54 Å². The molecule has 3 rings (SSSR count). The lowest BCUT2D eigenvalue weighted by Crippen LogP contribution is -2.05. The molecule has 0 radical (unpaired) electrons. The van der Waals surface area contributed by atoms with Gasteiger partial charge in [0.15, 0.2) is 0 Å². The zero-order valence-electron chi connectivity index (χ0n) is 11.9. The first-order chi connectivity index (χ1) is 9.79. The van der Waals surface area contributed by atoms with Crippen molar-refractivity contribution in [2.45, 2.75) is 13.5 Å². The van der Waals surface area contributed by atoms with Gasteiger partial charge in [-0.3, -0.25) is 4.98 Å². The van der Waals surface area contributed by atoms with Crippen LogP contribution < -0.4 is 5.32 Å². The van der Waals surface area contributed by atoms with Gasteiger partial charge in [-0.05, 0) is 53.7 Å². The van der Waals surface area contributed by atoms with Crippen molar-refractivity contribution in [2.75, 3.05) is 7.05 Å². The van der Waals surface area contributed by atoms with Crippen molar-refractivity contribution >= 4 is 10.8 Å². The normalized spacial score (nSPS) is 10.9. The highest BCUT2D eigenvalue weighted by molar-refractivity contribution is 5.96. The van der Waals surface area contributed by atoms with E-state index in [-0.39, 0.29) is 0 Å². The summed E-state index contributed by atoms with van der Waals surface area (Å²) >= 11 is 0. The van der Waals surface area contributed by atoms with Crippen LogP contribution in [0.4, 0.5) is 0 Å². The smallest absolute Gasteiger partial charge is 0.0352 e. The second-order valence-corrected chi connectivity index (χ2v) is 5.08. The highest BCUT2D eigenvalue weighted by atomic mass is 14.8. The first kappa shape index (κ1) is 12.8. The fourth-order valence-corrected chi connectivity index (χ4v) is 2.62. The van der Waals surface area contributed by atoms with Gasteiger partial charge in [-0.2, -0.15) is 0 Å². The maximum absolute atomic E-state index is 4.28. The number of nitrogens with one attached hydrogen (secondary N) is 1. The van der Waals surface area contributed by atoms with E-state index in [0.29, 0.717) is 0 Å². The lowest BCUT2D eigenvalue weighted by molar-refractivity contribution is 0.818. The van der Waals surface area contributed by atoms with Gasteiger partial charge in [0.2, 0.25) is 0 Å². The molecule has 1 heterocycles. The van der Waals surface area contributed by atoms with Crippen LogP contribution in [0.3, 0.4) is 0 Å². The molecule has 0 aliphatic carbocycles. The first-order valence-electron chi connectivity index (χ1n) is 6.87. The van der Waals surface area contributed by atoms with Crippen LogP contribution in [0.15, 0.2) is 54.9 Å². The number of benzene rings is 2. The van der Waals surface area contributed by atoms with E-state index in [9.17, 15) is 0 Å². The number of fused-ring (bicyclic) bond motifs is 1. The summed E-state index contributed by atoms with van der Waals surface area (Å²) < 4.78 is 0. The Morgan fingerprint density at radius 3 is 2.80 bits per heavy atom. The molecule has 0 saturated carbocycles. The van der Waals surface area contributed by atoms with Crippen LogP contribution in [0, 0.1) is 6.92 Å². The highest BCUT2D eigenvalue weighted by Crippen LogP contribution is 2.31. The molecule has 0 amide bonds. The number of rotatable bonds is 3. The third kappa shape index (κ3) is 2.30. The van der Waals surface area contributed by atoms with Gasteiger partial charge in [0.25, 0.3) is 0 Å². The maximum atomic E-state index is 4.28. The molecule has 3 aromatic rings. The van der Waals surface area contributed by atoms with E-state index >= 15 is 0 Å². The number of hydrogen-bond acceptors (Lipinski definition) is 2. The average molecular weight is 262 g/mol. The SMILES string of the molecule is CNCc1ccc(C)c(-c2cccc3ccncc23)c1. The quantitative estimate of drug-likeness (QED) is 0.773. The van der Waals surface area contributed by atoms with E-state index in [2.05, 4.69) is 59.7 Å². The summed E-state index contributed by atoms with van der Waals surface area (Å²) in [5, 5.41) is 5.65. The van der Waals surface area contributed by atoms with Crippen molar-refractivity contribution in [1.82, 2.24) is 10.3 Å². The topological polar surface area (TPSA) is 24.9 Å². The lowest BCUT2D eigenvalue weighted by Gasteiger charge is -2.11. The highest BCUT2D eigenvalue weighted by Gasteiger charge is 2.07. The minimum atomic E-state index is 0.885. The molecule has 0 aliphatic heterocycles. The molecule has 2 heteroatoms. The van der Waals surface area contributed by atoms with Gasteiger partial charge in [0.1, 0.15) is 0 Å². The Bertz CT molecular complexity index is 742. The van der Waals surface area contributed by atoms with Gasteiger partial charge in [0, 0.05) is 24.3 Å². The summed E-state index contributed by atoms with van der Waals surface area (Å²) in [6.07, 6.45) is 3.80. The third-order valence-electron chi connectivity index (χ3n) is 3.66. The molecular formula is C18H18N2. The summed E-state index contributed by atoms with van der Waals surface area (Å²) in [5.74, 6) is 0. The number of pyridine rings is 1. The zero-order chi connectivity index (χ0) is 13.9. The molecule has 0 aliphatic rings. The number of nitrogens with zero attached hydrogens (tertiary/aromatic N) is 1. The summed E-state index contributed by atoms with van der Waals surface area (Å²) in [5.41, 5.74) is 5.14. The van der Waals surface area contributed by atoms with E-state index in [1.54, 1.807) is 0 Å². The van der Waals surface area contributed by atoms with Crippen LogP contribution in [-0.2, 0) is 6.54 Å². The second-order valence-electron chi connectivity index (χ2n) is 5.08. The van der Waals surface area contributed by atoms with Gasteiger partial charge in [-0.1, -0.05) is 30.3 Å². The van der Waals surface area contributed by atoms with Crippen LogP contribution in [0.5, 0.6) is 0 Å². The molecule has 1 N–H and O–H groups in total. The molecule has 0 saturated heterocycles. The van der Waals surface area contributed by atoms with Crippen LogP contribution >= 0.6 is 0 Å². The van der Waals surface area contributed by atoms with Gasteiger partial charge < -0.3 is 5.32 Å². The Hall–Kier alpha value is -2.19. The standard InChI is InChI=1S/C18H18N2/c1-13-6-7-14(11-19-2)10-17(13)16-5-3-4-15-8-9-20-12-18(15)16/h3-10,12,19H,11H2,1-2H3. The predicted molar refractivity (Wildman–Crippen MR) is 84.7 cm³/mol. The average Bonchev–Trinajstić information content (AvgIpc) is 2.49. The van der Waals surface area contributed by atoms with E-state index in [1.165, 1.54) is 33.0 Å². The summed E-state index contributed by atoms with van der Waals surface area (Å²) in [6.45, 7) is 3.05. The number of aryl methyl sites for hydroxylation is 1. The Morgan fingerprint density at radius 2 is 1.95 bits per heavy atom. The molecule has 0 bridgehead atoms. The Labute approximate surface area is 119 Å². The fourth-order valence-electron chi connectivity index (χ4n) is 2.62. The largest absolute Gasteiger partial charge is 0.316 e. The van der Waals surface area contributed by atoms with Crippen molar-refractivity contribution in [3.63, 3.8) is 0 Å². The van der Waals surface area contributed by atoms with Crippen LogP contribution in [0.25, 0.3) is 21.9 Å². The molecule has 1 aromatic heterocycles. The van der Waals surface area contributed by atoms with E-state index in [1.807, 2.05) is 19.4 Å². The molecule has 2 nitrogen and oxygen atoms in total. The monoisotopic (exact) mass is 262 g/mol.